The molecule has 0 saturated carbocycles. The van der Waals surface area contributed by atoms with Gasteiger partial charge in [-0.15, -0.1) is 0 Å². The van der Waals surface area contributed by atoms with Crippen molar-refractivity contribution in [3.05, 3.63) is 71.7 Å². The molecule has 0 spiro atoms. The zero-order valence-corrected chi connectivity index (χ0v) is 14.9. The number of hydrogen-bond acceptors (Lipinski definition) is 5. The average molecular weight is 393 g/mol. The van der Waals surface area contributed by atoms with E-state index in [-0.39, 0.29) is 23.0 Å². The minimum atomic E-state index is -3.20. The lowest BCUT2D eigenvalue weighted by molar-refractivity contribution is 0.580. The Morgan fingerprint density at radius 1 is 1.04 bits per heavy atom. The monoisotopic (exact) mass is 393 g/mol. The highest BCUT2D eigenvalue weighted by Crippen LogP contribution is 2.26. The number of rotatable bonds is 5. The molecule has 0 aliphatic rings. The Bertz CT molecular complexity index is 1100. The Morgan fingerprint density at radius 3 is 2.52 bits per heavy atom. The number of sulfone groups is 1. The number of halogens is 3. The molecule has 27 heavy (non-hydrogen) atoms. The lowest BCUT2D eigenvalue weighted by Crippen LogP contribution is -2.03. The molecule has 0 saturated heterocycles. The fourth-order valence-corrected chi connectivity index (χ4v) is 3.25. The summed E-state index contributed by atoms with van der Waals surface area (Å²) in [5.74, 6) is -2.76. The smallest absolute Gasteiger partial charge is 0.227 e. The first kappa shape index (κ1) is 18.8. The van der Waals surface area contributed by atoms with Crippen LogP contribution in [0.1, 0.15) is 5.56 Å². The van der Waals surface area contributed by atoms with Crippen molar-refractivity contribution in [2.75, 3.05) is 11.6 Å². The molecule has 0 aliphatic carbocycles. The lowest BCUT2D eigenvalue weighted by Gasteiger charge is -2.09. The van der Waals surface area contributed by atoms with Crippen LogP contribution >= 0.6 is 0 Å². The van der Waals surface area contributed by atoms with Crippen molar-refractivity contribution >= 4 is 21.5 Å². The van der Waals surface area contributed by atoms with Gasteiger partial charge in [0.15, 0.2) is 15.7 Å². The van der Waals surface area contributed by atoms with Gasteiger partial charge in [-0.05, 0) is 29.8 Å². The fourth-order valence-electron chi connectivity index (χ4n) is 2.47. The van der Waals surface area contributed by atoms with Gasteiger partial charge >= 0.3 is 0 Å². The molecule has 0 unspecified atom stereocenters. The third-order valence-corrected chi connectivity index (χ3v) is 4.40. The average Bonchev–Trinajstić information content (AvgIpc) is 2.56. The van der Waals surface area contributed by atoms with E-state index in [1.54, 1.807) is 24.3 Å². The summed E-state index contributed by atoms with van der Waals surface area (Å²) in [7, 11) is -3.20. The second-order valence-electron chi connectivity index (χ2n) is 5.91. The number of anilines is 2. The molecule has 0 amide bonds. The Balaban J connectivity index is 1.92. The molecule has 5 nitrogen and oxygen atoms in total. The van der Waals surface area contributed by atoms with E-state index in [2.05, 4.69) is 15.3 Å². The summed E-state index contributed by atoms with van der Waals surface area (Å²) in [5, 5.41) is 2.82. The van der Waals surface area contributed by atoms with E-state index < -0.39 is 27.3 Å². The highest BCUT2D eigenvalue weighted by Gasteiger charge is 2.15. The zero-order valence-electron chi connectivity index (χ0n) is 14.1. The highest BCUT2D eigenvalue weighted by molar-refractivity contribution is 7.89. The van der Waals surface area contributed by atoms with Crippen LogP contribution in [0, 0.1) is 17.5 Å². The molecule has 1 N–H and O–H groups in total. The Labute approximate surface area is 153 Å². The first-order valence-electron chi connectivity index (χ1n) is 7.73. The number of aromatic nitrogens is 2. The maximum atomic E-state index is 14.0. The molecule has 1 heterocycles. The number of hydrogen-bond donors (Lipinski definition) is 1. The molecular formula is C18H14F3N3O2S. The van der Waals surface area contributed by atoms with Crippen LogP contribution in [-0.4, -0.2) is 24.6 Å². The van der Waals surface area contributed by atoms with Gasteiger partial charge in [-0.3, -0.25) is 0 Å². The number of benzene rings is 2. The fraction of sp³-hybridized carbons (Fsp3) is 0.111. The molecule has 0 atom stereocenters. The van der Waals surface area contributed by atoms with E-state index in [0.29, 0.717) is 17.3 Å². The summed E-state index contributed by atoms with van der Waals surface area (Å²) in [6, 6.07) is 9.26. The van der Waals surface area contributed by atoms with Crippen molar-refractivity contribution in [1.29, 1.82) is 0 Å². The van der Waals surface area contributed by atoms with E-state index in [0.717, 1.165) is 24.6 Å². The van der Waals surface area contributed by atoms with Crippen LogP contribution in [0.3, 0.4) is 0 Å². The van der Waals surface area contributed by atoms with Crippen molar-refractivity contribution in [2.24, 2.45) is 0 Å². The van der Waals surface area contributed by atoms with Crippen LogP contribution < -0.4 is 5.32 Å². The topological polar surface area (TPSA) is 72.0 Å². The van der Waals surface area contributed by atoms with Gasteiger partial charge in [-0.25, -0.2) is 31.6 Å². The van der Waals surface area contributed by atoms with Crippen LogP contribution in [0.5, 0.6) is 0 Å². The highest BCUT2D eigenvalue weighted by atomic mass is 32.2. The predicted molar refractivity (Wildman–Crippen MR) is 95.6 cm³/mol. The summed E-state index contributed by atoms with van der Waals surface area (Å²) in [6.45, 7) is 0. The van der Waals surface area contributed by atoms with E-state index in [1.165, 1.54) is 0 Å². The Morgan fingerprint density at radius 2 is 1.81 bits per heavy atom. The molecule has 0 bridgehead atoms. The predicted octanol–water partition coefficient (Wildman–Crippen LogP) is 3.85. The van der Waals surface area contributed by atoms with Gasteiger partial charge < -0.3 is 5.32 Å². The van der Waals surface area contributed by atoms with Gasteiger partial charge in [-0.1, -0.05) is 12.1 Å². The molecular weight excluding hydrogens is 379 g/mol. The summed E-state index contributed by atoms with van der Waals surface area (Å²) in [6.07, 6.45) is 1.99. The molecule has 3 aromatic rings. The van der Waals surface area contributed by atoms with Crippen molar-refractivity contribution in [1.82, 2.24) is 9.97 Å². The summed E-state index contributed by atoms with van der Waals surface area (Å²) in [4.78, 5) is 7.75. The van der Waals surface area contributed by atoms with Gasteiger partial charge in [0.05, 0.1) is 11.9 Å². The maximum absolute atomic E-state index is 14.0. The first-order chi connectivity index (χ1) is 12.7. The minimum Gasteiger partial charge on any atom is -0.324 e. The lowest BCUT2D eigenvalue weighted by atomic mass is 10.1. The van der Waals surface area contributed by atoms with Crippen molar-refractivity contribution in [3.8, 4) is 11.3 Å². The largest absolute Gasteiger partial charge is 0.324 e. The van der Waals surface area contributed by atoms with E-state index in [1.807, 2.05) is 0 Å². The van der Waals surface area contributed by atoms with Gasteiger partial charge in [0.1, 0.15) is 17.3 Å². The standard InChI is InChI=1S/C18H14F3N3O2S/c1-27(25,26)10-11-3-2-4-13(7-11)23-18-22-9-16(21)17(24-18)14-6-5-12(19)8-15(14)20/h2-9H,10H2,1H3,(H,22,23,24). The third-order valence-electron chi connectivity index (χ3n) is 3.54. The van der Waals surface area contributed by atoms with E-state index in [9.17, 15) is 21.6 Å². The Kier molecular flexibility index (Phi) is 5.13. The molecule has 0 fully saturated rings. The van der Waals surface area contributed by atoms with Crippen LogP contribution in [0.15, 0.2) is 48.7 Å². The number of nitrogens with zero attached hydrogens (tertiary/aromatic N) is 2. The Hall–Kier alpha value is -2.94. The summed E-state index contributed by atoms with van der Waals surface area (Å²) in [5.41, 5.74) is 0.505. The SMILES string of the molecule is CS(=O)(=O)Cc1cccc(Nc2ncc(F)c(-c3ccc(F)cc3F)n2)c1. The van der Waals surface area contributed by atoms with Crippen LogP contribution in [0.4, 0.5) is 24.8 Å². The minimum absolute atomic E-state index is 0.0216. The van der Waals surface area contributed by atoms with Crippen LogP contribution in [-0.2, 0) is 15.6 Å². The molecule has 3 rings (SSSR count). The molecule has 140 valence electrons. The molecule has 0 aliphatic heterocycles. The third kappa shape index (κ3) is 4.82. The summed E-state index contributed by atoms with van der Waals surface area (Å²) < 4.78 is 63.9. The van der Waals surface area contributed by atoms with Crippen molar-refractivity contribution in [3.63, 3.8) is 0 Å². The van der Waals surface area contributed by atoms with E-state index >= 15 is 0 Å². The quantitative estimate of drug-likeness (QED) is 0.713. The van der Waals surface area contributed by atoms with Gasteiger partial charge in [-0.2, -0.15) is 0 Å². The summed E-state index contributed by atoms with van der Waals surface area (Å²) >= 11 is 0. The second kappa shape index (κ2) is 7.36. The van der Waals surface area contributed by atoms with E-state index in [4.69, 9.17) is 0 Å². The normalized spacial score (nSPS) is 11.4. The first-order valence-corrected chi connectivity index (χ1v) is 9.79. The maximum Gasteiger partial charge on any atom is 0.227 e. The van der Waals surface area contributed by atoms with Crippen LogP contribution in [0.2, 0.25) is 0 Å². The number of nitrogens with one attached hydrogen (secondary N) is 1. The van der Waals surface area contributed by atoms with Crippen molar-refractivity contribution in [2.45, 2.75) is 5.75 Å². The van der Waals surface area contributed by atoms with Crippen molar-refractivity contribution < 1.29 is 21.6 Å². The molecule has 1 aromatic heterocycles. The van der Waals surface area contributed by atoms with Gasteiger partial charge in [0.2, 0.25) is 5.95 Å². The molecule has 0 radical (unpaired) electrons. The molecule has 2 aromatic carbocycles. The van der Waals surface area contributed by atoms with Gasteiger partial charge in [0, 0.05) is 23.6 Å². The second-order valence-corrected chi connectivity index (χ2v) is 8.05. The zero-order chi connectivity index (χ0) is 19.6. The van der Waals surface area contributed by atoms with Gasteiger partial charge in [0.25, 0.3) is 0 Å². The molecule has 9 heteroatoms. The van der Waals surface area contributed by atoms with Crippen LogP contribution in [0.25, 0.3) is 11.3 Å².